The second-order valence-electron chi connectivity index (χ2n) is 4.54. The molecule has 1 unspecified atom stereocenters. The number of ether oxygens (including phenoxy) is 1. The van der Waals surface area contributed by atoms with E-state index in [0.717, 1.165) is 0 Å². The van der Waals surface area contributed by atoms with Crippen molar-refractivity contribution in [1.82, 2.24) is 15.4 Å². The van der Waals surface area contributed by atoms with Gasteiger partial charge in [0.1, 0.15) is 12.0 Å². The number of nitrogen functional groups attached to an aromatic ring is 1. The largest absolute Gasteiger partial charge is 0.459 e. The number of nitrogens with zero attached hydrogens (tertiary/aromatic N) is 2. The topological polar surface area (TPSA) is 127 Å². The molecule has 0 spiro atoms. The van der Waals surface area contributed by atoms with Crippen LogP contribution in [-0.4, -0.2) is 35.6 Å². The lowest BCUT2D eigenvalue weighted by Crippen LogP contribution is -2.30. The number of hydrogen-bond donors (Lipinski definition) is 4. The third-order valence-electron chi connectivity index (χ3n) is 2.72. The fourth-order valence-corrected chi connectivity index (χ4v) is 1.72. The highest BCUT2D eigenvalue weighted by molar-refractivity contribution is 5.92. The molecule has 2 rings (SSSR count). The van der Waals surface area contributed by atoms with E-state index in [1.807, 2.05) is 6.92 Å². The van der Waals surface area contributed by atoms with Gasteiger partial charge in [0.05, 0.1) is 12.9 Å². The number of methoxy groups -OCH3 is 1. The van der Waals surface area contributed by atoms with Crippen molar-refractivity contribution in [1.29, 1.82) is 0 Å². The van der Waals surface area contributed by atoms with Crippen molar-refractivity contribution in [3.05, 3.63) is 30.5 Å². The van der Waals surface area contributed by atoms with Crippen LogP contribution in [0.5, 0.6) is 0 Å². The monoisotopic (exact) mass is 306 g/mol. The number of anilines is 3. The average Bonchev–Trinajstić information content (AvgIpc) is 3.02. The summed E-state index contributed by atoms with van der Waals surface area (Å²) in [6, 6.07) is 3.18. The SMILES string of the molecule is COCC(C)Nc1ncnc(NNC(=O)c2ccco2)c1N. The number of aromatic nitrogens is 2. The van der Waals surface area contributed by atoms with E-state index in [0.29, 0.717) is 12.4 Å². The third kappa shape index (κ3) is 3.85. The predicted molar refractivity (Wildman–Crippen MR) is 81.2 cm³/mol. The summed E-state index contributed by atoms with van der Waals surface area (Å²) in [4.78, 5) is 19.8. The Hall–Kier alpha value is -2.81. The molecule has 2 aromatic rings. The molecule has 0 radical (unpaired) electrons. The summed E-state index contributed by atoms with van der Waals surface area (Å²) in [5, 5.41) is 3.09. The average molecular weight is 306 g/mol. The lowest BCUT2D eigenvalue weighted by atomic mass is 10.3. The van der Waals surface area contributed by atoms with Gasteiger partial charge in [-0.25, -0.2) is 9.97 Å². The van der Waals surface area contributed by atoms with Crippen molar-refractivity contribution in [3.63, 3.8) is 0 Å². The molecule has 118 valence electrons. The van der Waals surface area contributed by atoms with Crippen LogP contribution < -0.4 is 21.9 Å². The first-order valence-electron chi connectivity index (χ1n) is 6.57. The van der Waals surface area contributed by atoms with E-state index in [1.54, 1.807) is 19.2 Å². The number of nitrogens with two attached hydrogens (primary N) is 1. The van der Waals surface area contributed by atoms with Crippen LogP contribution in [0.15, 0.2) is 29.1 Å². The highest BCUT2D eigenvalue weighted by Gasteiger charge is 2.12. The van der Waals surface area contributed by atoms with Gasteiger partial charge in [-0.3, -0.25) is 15.6 Å². The summed E-state index contributed by atoms with van der Waals surface area (Å²) in [6.07, 6.45) is 2.74. The summed E-state index contributed by atoms with van der Waals surface area (Å²) in [5.74, 6) is 0.466. The Morgan fingerprint density at radius 1 is 1.45 bits per heavy atom. The fraction of sp³-hybridized carbons (Fsp3) is 0.308. The highest BCUT2D eigenvalue weighted by Crippen LogP contribution is 2.22. The molecule has 9 heteroatoms. The van der Waals surface area contributed by atoms with Gasteiger partial charge in [-0.05, 0) is 19.1 Å². The van der Waals surface area contributed by atoms with E-state index in [-0.39, 0.29) is 23.3 Å². The zero-order chi connectivity index (χ0) is 15.9. The Bertz CT molecular complexity index is 616. The van der Waals surface area contributed by atoms with Crippen LogP contribution in [0.4, 0.5) is 17.3 Å². The summed E-state index contributed by atoms with van der Waals surface area (Å²) in [7, 11) is 1.61. The molecule has 0 saturated carbocycles. The van der Waals surface area contributed by atoms with E-state index < -0.39 is 5.91 Å². The van der Waals surface area contributed by atoms with Crippen LogP contribution >= 0.6 is 0 Å². The van der Waals surface area contributed by atoms with Crippen molar-refractivity contribution < 1.29 is 13.9 Å². The molecule has 22 heavy (non-hydrogen) atoms. The smallest absolute Gasteiger partial charge is 0.305 e. The lowest BCUT2D eigenvalue weighted by Gasteiger charge is -2.16. The van der Waals surface area contributed by atoms with Gasteiger partial charge in [-0.2, -0.15) is 0 Å². The first-order chi connectivity index (χ1) is 10.6. The zero-order valence-corrected chi connectivity index (χ0v) is 12.3. The molecule has 0 aromatic carbocycles. The number of carbonyl (C=O) groups excluding carboxylic acids is 1. The Morgan fingerprint density at radius 3 is 2.91 bits per heavy atom. The minimum Gasteiger partial charge on any atom is -0.459 e. The number of rotatable bonds is 7. The Balaban J connectivity index is 2.01. The molecule has 0 aliphatic rings. The molecule has 0 saturated heterocycles. The standard InChI is InChI=1S/C13H18N6O3/c1-8(6-21-2)17-11-10(14)12(16-7-15-11)18-19-13(20)9-4-3-5-22-9/h3-5,7-8H,6,14H2,1-2H3,(H,19,20)(H2,15,16,17,18). The molecule has 2 heterocycles. The maximum Gasteiger partial charge on any atom is 0.305 e. The normalized spacial score (nSPS) is 11.7. The highest BCUT2D eigenvalue weighted by atomic mass is 16.5. The molecule has 2 aromatic heterocycles. The van der Waals surface area contributed by atoms with Crippen molar-refractivity contribution >= 4 is 23.2 Å². The molecule has 0 aliphatic carbocycles. The van der Waals surface area contributed by atoms with Crippen LogP contribution in [0.3, 0.4) is 0 Å². The minimum absolute atomic E-state index is 0.0211. The number of carbonyl (C=O) groups is 1. The van der Waals surface area contributed by atoms with Gasteiger partial charge in [0.2, 0.25) is 0 Å². The number of nitrogens with one attached hydrogen (secondary N) is 3. The van der Waals surface area contributed by atoms with Crippen LogP contribution in [0, 0.1) is 0 Å². The van der Waals surface area contributed by atoms with Gasteiger partial charge in [0.15, 0.2) is 17.4 Å². The summed E-state index contributed by atoms with van der Waals surface area (Å²) in [5.41, 5.74) is 11.3. The fourth-order valence-electron chi connectivity index (χ4n) is 1.72. The van der Waals surface area contributed by atoms with Crippen LogP contribution in [0.25, 0.3) is 0 Å². The molecule has 9 nitrogen and oxygen atoms in total. The zero-order valence-electron chi connectivity index (χ0n) is 12.3. The van der Waals surface area contributed by atoms with Gasteiger partial charge >= 0.3 is 5.91 Å². The Labute approximate surface area is 127 Å². The van der Waals surface area contributed by atoms with E-state index in [2.05, 4.69) is 26.1 Å². The summed E-state index contributed by atoms with van der Waals surface area (Å²) < 4.78 is 10.0. The van der Waals surface area contributed by atoms with E-state index in [9.17, 15) is 4.79 Å². The van der Waals surface area contributed by atoms with Crippen molar-refractivity contribution in [2.24, 2.45) is 0 Å². The molecular weight excluding hydrogens is 288 g/mol. The number of hydrazine groups is 1. The Kier molecular flexibility index (Phi) is 5.15. The molecule has 1 amide bonds. The third-order valence-corrected chi connectivity index (χ3v) is 2.72. The number of amides is 1. The second kappa shape index (κ2) is 7.27. The van der Waals surface area contributed by atoms with E-state index in [4.69, 9.17) is 14.9 Å². The van der Waals surface area contributed by atoms with Gasteiger partial charge in [-0.1, -0.05) is 0 Å². The van der Waals surface area contributed by atoms with Gasteiger partial charge < -0.3 is 20.2 Å². The lowest BCUT2D eigenvalue weighted by molar-refractivity contribution is 0.0935. The van der Waals surface area contributed by atoms with Crippen molar-refractivity contribution in [2.75, 3.05) is 30.2 Å². The van der Waals surface area contributed by atoms with Crippen LogP contribution in [0.2, 0.25) is 0 Å². The minimum atomic E-state index is -0.440. The molecule has 5 N–H and O–H groups in total. The first kappa shape index (κ1) is 15.6. The first-order valence-corrected chi connectivity index (χ1v) is 6.57. The number of hydrogen-bond acceptors (Lipinski definition) is 8. The molecule has 0 aliphatic heterocycles. The van der Waals surface area contributed by atoms with Crippen LogP contribution in [0.1, 0.15) is 17.5 Å². The quantitative estimate of drug-likeness (QED) is 0.554. The molecule has 0 fully saturated rings. The maximum absolute atomic E-state index is 11.8. The Morgan fingerprint density at radius 2 is 2.23 bits per heavy atom. The van der Waals surface area contributed by atoms with Crippen molar-refractivity contribution in [3.8, 4) is 0 Å². The maximum atomic E-state index is 11.8. The molecule has 1 atom stereocenters. The van der Waals surface area contributed by atoms with E-state index in [1.165, 1.54) is 12.6 Å². The second-order valence-corrected chi connectivity index (χ2v) is 4.54. The van der Waals surface area contributed by atoms with E-state index >= 15 is 0 Å². The predicted octanol–water partition coefficient (Wildman–Crippen LogP) is 0.855. The van der Waals surface area contributed by atoms with Gasteiger partial charge in [0.25, 0.3) is 0 Å². The van der Waals surface area contributed by atoms with Crippen LogP contribution in [-0.2, 0) is 4.74 Å². The molecular formula is C13H18N6O3. The summed E-state index contributed by atoms with van der Waals surface area (Å²) >= 11 is 0. The van der Waals surface area contributed by atoms with Crippen molar-refractivity contribution in [2.45, 2.75) is 13.0 Å². The van der Waals surface area contributed by atoms with Gasteiger partial charge in [-0.15, -0.1) is 0 Å². The molecule has 0 bridgehead atoms. The van der Waals surface area contributed by atoms with Gasteiger partial charge in [0, 0.05) is 13.2 Å². The summed E-state index contributed by atoms with van der Waals surface area (Å²) in [6.45, 7) is 2.43. The number of furan rings is 1.